The van der Waals surface area contributed by atoms with Gasteiger partial charge in [0.2, 0.25) is 0 Å². The minimum atomic E-state index is 0.0678. The Labute approximate surface area is 100 Å². The van der Waals surface area contributed by atoms with Crippen molar-refractivity contribution in [3.8, 4) is 12.1 Å². The molecule has 1 rings (SSSR count). The molecule has 4 heteroatoms. The van der Waals surface area contributed by atoms with E-state index in [1.165, 1.54) is 0 Å². The first-order chi connectivity index (χ1) is 7.60. The monoisotopic (exact) mass is 233 g/mol. The second kappa shape index (κ2) is 5.39. The molecular weight excluding hydrogens is 222 g/mol. The third-order valence-electron chi connectivity index (χ3n) is 2.51. The molecule has 0 spiro atoms. The van der Waals surface area contributed by atoms with Crippen LogP contribution >= 0.6 is 11.6 Å². The van der Waals surface area contributed by atoms with Gasteiger partial charge in [-0.05, 0) is 25.1 Å². The molecule has 0 aliphatic carbocycles. The highest BCUT2D eigenvalue weighted by Crippen LogP contribution is 2.24. The molecule has 0 aliphatic heterocycles. The van der Waals surface area contributed by atoms with Gasteiger partial charge in [0.05, 0.1) is 23.7 Å². The van der Waals surface area contributed by atoms with Crippen LogP contribution in [0.25, 0.3) is 0 Å². The van der Waals surface area contributed by atoms with Crippen LogP contribution in [0.5, 0.6) is 0 Å². The van der Waals surface area contributed by atoms with Gasteiger partial charge in [0.15, 0.2) is 0 Å². The first kappa shape index (κ1) is 12.4. The third kappa shape index (κ3) is 2.66. The lowest BCUT2D eigenvalue weighted by molar-refractivity contribution is 0.702. The van der Waals surface area contributed by atoms with Crippen LogP contribution < -0.4 is 4.90 Å². The highest BCUT2D eigenvalue weighted by atomic mass is 35.5. The summed E-state index contributed by atoms with van der Waals surface area (Å²) < 4.78 is 0. The van der Waals surface area contributed by atoms with E-state index in [9.17, 15) is 0 Å². The fraction of sp³-hybridized carbons (Fsp3) is 0.333. The van der Waals surface area contributed by atoms with Crippen molar-refractivity contribution in [3.05, 3.63) is 28.8 Å². The molecule has 0 saturated carbocycles. The van der Waals surface area contributed by atoms with Crippen molar-refractivity contribution >= 4 is 17.3 Å². The second-order valence-electron chi connectivity index (χ2n) is 3.60. The molecule has 16 heavy (non-hydrogen) atoms. The summed E-state index contributed by atoms with van der Waals surface area (Å²) in [5.74, 6) is 0. The smallest absolute Gasteiger partial charge is 0.101 e. The van der Waals surface area contributed by atoms with Gasteiger partial charge in [0.1, 0.15) is 6.07 Å². The number of rotatable bonds is 3. The summed E-state index contributed by atoms with van der Waals surface area (Å²) in [5, 5.41) is 18.2. The molecule has 0 aliphatic rings. The third-order valence-corrected chi connectivity index (χ3v) is 2.74. The molecule has 0 amide bonds. The molecule has 82 valence electrons. The lowest BCUT2D eigenvalue weighted by Gasteiger charge is -2.26. The molecule has 0 radical (unpaired) electrons. The highest BCUT2D eigenvalue weighted by molar-refractivity contribution is 6.30. The quantitative estimate of drug-likeness (QED) is 0.807. The summed E-state index contributed by atoms with van der Waals surface area (Å²) in [6, 6.07) is 9.46. The summed E-state index contributed by atoms with van der Waals surface area (Å²) in [7, 11) is 1.87. The number of halogens is 1. The van der Waals surface area contributed by atoms with Crippen LogP contribution in [0, 0.1) is 22.7 Å². The van der Waals surface area contributed by atoms with Gasteiger partial charge in [-0.2, -0.15) is 10.5 Å². The van der Waals surface area contributed by atoms with E-state index in [1.807, 2.05) is 18.9 Å². The first-order valence-corrected chi connectivity index (χ1v) is 5.27. The molecule has 0 saturated heterocycles. The maximum Gasteiger partial charge on any atom is 0.101 e. The Morgan fingerprint density at radius 1 is 1.44 bits per heavy atom. The molecule has 0 bridgehead atoms. The van der Waals surface area contributed by atoms with E-state index in [4.69, 9.17) is 22.1 Å². The van der Waals surface area contributed by atoms with Crippen LogP contribution in [0.4, 0.5) is 5.69 Å². The van der Waals surface area contributed by atoms with Crippen molar-refractivity contribution < 1.29 is 0 Å². The topological polar surface area (TPSA) is 50.8 Å². The van der Waals surface area contributed by atoms with Crippen molar-refractivity contribution in [3.63, 3.8) is 0 Å². The van der Waals surface area contributed by atoms with E-state index >= 15 is 0 Å². The zero-order chi connectivity index (χ0) is 12.1. The molecule has 0 fully saturated rings. The average molecular weight is 234 g/mol. The predicted octanol–water partition coefficient (Wildman–Crippen LogP) is 2.95. The fourth-order valence-electron chi connectivity index (χ4n) is 1.41. The van der Waals surface area contributed by atoms with E-state index < -0.39 is 0 Å². The molecule has 0 heterocycles. The zero-order valence-corrected chi connectivity index (χ0v) is 9.99. The Bertz CT molecular complexity index is 456. The van der Waals surface area contributed by atoms with Gasteiger partial charge >= 0.3 is 0 Å². The van der Waals surface area contributed by atoms with E-state index in [0.717, 1.165) is 5.69 Å². The Balaban J connectivity index is 3.05. The minimum Gasteiger partial charge on any atom is -0.370 e. The lowest BCUT2D eigenvalue weighted by Crippen LogP contribution is -2.28. The SMILES string of the molecule is CC(CC#N)N(C)c1ccc(Cl)cc1C#N. The molecule has 1 atom stereocenters. The number of anilines is 1. The van der Waals surface area contributed by atoms with Gasteiger partial charge in [0, 0.05) is 18.1 Å². The van der Waals surface area contributed by atoms with E-state index in [2.05, 4.69) is 12.1 Å². The average Bonchev–Trinajstić information content (AvgIpc) is 2.28. The minimum absolute atomic E-state index is 0.0678. The van der Waals surface area contributed by atoms with Gasteiger partial charge < -0.3 is 4.90 Å². The van der Waals surface area contributed by atoms with Crippen molar-refractivity contribution in [2.24, 2.45) is 0 Å². The first-order valence-electron chi connectivity index (χ1n) is 4.89. The Morgan fingerprint density at radius 3 is 2.69 bits per heavy atom. The van der Waals surface area contributed by atoms with Crippen LogP contribution in [0.15, 0.2) is 18.2 Å². The summed E-state index contributed by atoms with van der Waals surface area (Å²) in [5.41, 5.74) is 1.33. The molecule has 0 N–H and O–H groups in total. The van der Waals surface area contributed by atoms with E-state index in [1.54, 1.807) is 18.2 Å². The maximum atomic E-state index is 9.00. The van der Waals surface area contributed by atoms with Crippen LogP contribution in [0.1, 0.15) is 18.9 Å². The van der Waals surface area contributed by atoms with E-state index in [-0.39, 0.29) is 6.04 Å². The van der Waals surface area contributed by atoms with E-state index in [0.29, 0.717) is 17.0 Å². The predicted molar refractivity (Wildman–Crippen MR) is 64.3 cm³/mol. The molecule has 0 aromatic heterocycles. The zero-order valence-electron chi connectivity index (χ0n) is 9.24. The maximum absolute atomic E-state index is 9.00. The van der Waals surface area contributed by atoms with Crippen molar-refractivity contribution in [2.45, 2.75) is 19.4 Å². The molecule has 1 aromatic carbocycles. The van der Waals surface area contributed by atoms with Crippen LogP contribution in [-0.4, -0.2) is 13.1 Å². The molecule has 1 unspecified atom stereocenters. The molecule has 1 aromatic rings. The van der Waals surface area contributed by atoms with Crippen LogP contribution in [0.3, 0.4) is 0 Å². The van der Waals surface area contributed by atoms with Gasteiger partial charge in [-0.3, -0.25) is 0 Å². The van der Waals surface area contributed by atoms with Crippen LogP contribution in [0.2, 0.25) is 5.02 Å². The largest absolute Gasteiger partial charge is 0.370 e. The Kier molecular flexibility index (Phi) is 4.17. The molecule has 3 nitrogen and oxygen atoms in total. The highest BCUT2D eigenvalue weighted by Gasteiger charge is 2.13. The number of nitrogens with zero attached hydrogens (tertiary/aromatic N) is 3. The fourth-order valence-corrected chi connectivity index (χ4v) is 1.58. The number of hydrogen-bond donors (Lipinski definition) is 0. The Morgan fingerprint density at radius 2 is 2.12 bits per heavy atom. The second-order valence-corrected chi connectivity index (χ2v) is 4.03. The van der Waals surface area contributed by atoms with Gasteiger partial charge in [-0.15, -0.1) is 0 Å². The van der Waals surface area contributed by atoms with Gasteiger partial charge in [-0.25, -0.2) is 0 Å². The van der Waals surface area contributed by atoms with Crippen molar-refractivity contribution in [2.75, 3.05) is 11.9 Å². The summed E-state index contributed by atoms with van der Waals surface area (Å²) in [6.07, 6.45) is 0.421. The summed E-state index contributed by atoms with van der Waals surface area (Å²) in [6.45, 7) is 1.94. The number of nitriles is 2. The number of hydrogen-bond acceptors (Lipinski definition) is 3. The van der Waals surface area contributed by atoms with Gasteiger partial charge in [-0.1, -0.05) is 11.6 Å². The standard InChI is InChI=1S/C12H12ClN3/c1-9(5-6-14)16(2)12-4-3-11(13)7-10(12)8-15/h3-4,7,9H,5H2,1-2H3. The number of benzene rings is 1. The van der Waals surface area contributed by atoms with Crippen molar-refractivity contribution in [1.29, 1.82) is 10.5 Å². The van der Waals surface area contributed by atoms with Gasteiger partial charge in [0.25, 0.3) is 0 Å². The molecular formula is C12H12ClN3. The lowest BCUT2D eigenvalue weighted by atomic mass is 10.1. The summed E-state index contributed by atoms with van der Waals surface area (Å²) in [4.78, 5) is 1.91. The summed E-state index contributed by atoms with van der Waals surface area (Å²) >= 11 is 5.82. The van der Waals surface area contributed by atoms with Crippen LogP contribution in [-0.2, 0) is 0 Å². The normalized spacial score (nSPS) is 11.3. The Hall–Kier alpha value is -1.71. The van der Waals surface area contributed by atoms with Crippen molar-refractivity contribution in [1.82, 2.24) is 0 Å².